The molecule has 0 radical (unpaired) electrons. The minimum Gasteiger partial charge on any atom is -0.506 e. The van der Waals surface area contributed by atoms with Crippen LogP contribution in [-0.4, -0.2) is 19.8 Å². The summed E-state index contributed by atoms with van der Waals surface area (Å²) in [4.78, 5) is 0. The predicted octanol–water partition coefficient (Wildman–Crippen LogP) is 1.73. The standard InChI is InChI=1S/C8H8ClFO3S/c1-14(12,13)4-5-2-6(9)8(11)3-7(5)10/h2-3,11H,4H2,1H3. The third kappa shape index (κ3) is 2.85. The molecular formula is C8H8ClFO3S. The van der Waals surface area contributed by atoms with Gasteiger partial charge in [0, 0.05) is 17.9 Å². The van der Waals surface area contributed by atoms with E-state index >= 15 is 0 Å². The summed E-state index contributed by atoms with van der Waals surface area (Å²) in [6.07, 6.45) is 0.993. The molecule has 1 aromatic carbocycles. The van der Waals surface area contributed by atoms with Crippen LogP contribution in [0.3, 0.4) is 0 Å². The van der Waals surface area contributed by atoms with Gasteiger partial charge in [0.2, 0.25) is 0 Å². The summed E-state index contributed by atoms with van der Waals surface area (Å²) in [5, 5.41) is 8.94. The molecule has 0 atom stereocenters. The molecule has 1 N–H and O–H groups in total. The van der Waals surface area contributed by atoms with E-state index in [0.29, 0.717) is 0 Å². The zero-order valence-electron chi connectivity index (χ0n) is 7.29. The summed E-state index contributed by atoms with van der Waals surface area (Å²) in [7, 11) is -3.31. The van der Waals surface area contributed by atoms with Crippen LogP contribution in [0.5, 0.6) is 5.75 Å². The van der Waals surface area contributed by atoms with Gasteiger partial charge in [-0.3, -0.25) is 0 Å². The van der Waals surface area contributed by atoms with Crippen molar-refractivity contribution in [1.82, 2.24) is 0 Å². The van der Waals surface area contributed by atoms with Gasteiger partial charge in [0.05, 0.1) is 10.8 Å². The minimum atomic E-state index is -3.31. The van der Waals surface area contributed by atoms with Gasteiger partial charge in [0.25, 0.3) is 0 Å². The Bertz CT molecular complexity index is 456. The highest BCUT2D eigenvalue weighted by molar-refractivity contribution is 7.89. The first-order valence-corrected chi connectivity index (χ1v) is 6.08. The second-order valence-corrected chi connectivity index (χ2v) is 5.51. The normalized spacial score (nSPS) is 11.6. The average Bonchev–Trinajstić information content (AvgIpc) is 1.97. The highest BCUT2D eigenvalue weighted by Crippen LogP contribution is 2.26. The molecule has 0 saturated heterocycles. The third-order valence-corrected chi connectivity index (χ3v) is 2.67. The summed E-state index contributed by atoms with van der Waals surface area (Å²) in [5.41, 5.74) is -0.0460. The van der Waals surface area contributed by atoms with Gasteiger partial charge in [-0.05, 0) is 6.07 Å². The molecule has 0 unspecified atom stereocenters. The maximum atomic E-state index is 13.1. The maximum absolute atomic E-state index is 13.1. The number of sulfone groups is 1. The number of rotatable bonds is 2. The number of hydrogen-bond donors (Lipinski definition) is 1. The molecule has 0 spiro atoms. The molecule has 0 aliphatic carbocycles. The van der Waals surface area contributed by atoms with E-state index in [1.165, 1.54) is 0 Å². The molecule has 0 fully saturated rings. The molecule has 0 saturated carbocycles. The van der Waals surface area contributed by atoms with Crippen LogP contribution in [0.2, 0.25) is 5.02 Å². The molecule has 0 bridgehead atoms. The summed E-state index contributed by atoms with van der Waals surface area (Å²) in [6, 6.07) is 1.90. The highest BCUT2D eigenvalue weighted by Gasteiger charge is 2.12. The van der Waals surface area contributed by atoms with Crippen molar-refractivity contribution in [2.24, 2.45) is 0 Å². The van der Waals surface area contributed by atoms with Crippen molar-refractivity contribution in [2.75, 3.05) is 6.26 Å². The molecule has 0 aliphatic heterocycles. The quantitative estimate of drug-likeness (QED) is 0.854. The number of halogens is 2. The number of phenolic OH excluding ortho intramolecular Hbond substituents is 1. The molecule has 6 heteroatoms. The van der Waals surface area contributed by atoms with Gasteiger partial charge >= 0.3 is 0 Å². The molecule has 0 aliphatic rings. The Balaban J connectivity index is 3.17. The van der Waals surface area contributed by atoms with Crippen molar-refractivity contribution in [3.05, 3.63) is 28.5 Å². The van der Waals surface area contributed by atoms with Crippen LogP contribution >= 0.6 is 11.6 Å². The SMILES string of the molecule is CS(=O)(=O)Cc1cc(Cl)c(O)cc1F. The minimum absolute atomic E-state index is 0.0460. The Morgan fingerprint density at radius 1 is 1.50 bits per heavy atom. The van der Waals surface area contributed by atoms with Gasteiger partial charge in [0.15, 0.2) is 9.84 Å². The summed E-state index contributed by atoms with van der Waals surface area (Å²) < 4.78 is 34.8. The van der Waals surface area contributed by atoms with Gasteiger partial charge in [-0.25, -0.2) is 12.8 Å². The largest absolute Gasteiger partial charge is 0.506 e. The van der Waals surface area contributed by atoms with Crippen molar-refractivity contribution < 1.29 is 17.9 Å². The van der Waals surface area contributed by atoms with Crippen LogP contribution in [0, 0.1) is 5.82 Å². The second kappa shape index (κ2) is 3.74. The Kier molecular flexibility index (Phi) is 3.01. The third-order valence-electron chi connectivity index (χ3n) is 1.53. The highest BCUT2D eigenvalue weighted by atomic mass is 35.5. The fourth-order valence-electron chi connectivity index (χ4n) is 0.971. The Labute approximate surface area is 86.0 Å². The van der Waals surface area contributed by atoms with Crippen molar-refractivity contribution in [3.8, 4) is 5.75 Å². The fraction of sp³-hybridized carbons (Fsp3) is 0.250. The average molecular weight is 239 g/mol. The van der Waals surface area contributed by atoms with Crippen LogP contribution in [0.1, 0.15) is 5.56 Å². The first kappa shape index (κ1) is 11.3. The lowest BCUT2D eigenvalue weighted by atomic mass is 10.2. The lowest BCUT2D eigenvalue weighted by molar-refractivity contribution is 0.468. The number of benzene rings is 1. The van der Waals surface area contributed by atoms with Gasteiger partial charge in [-0.15, -0.1) is 0 Å². The molecular weight excluding hydrogens is 231 g/mol. The summed E-state index contributed by atoms with van der Waals surface area (Å²) >= 11 is 5.50. The van der Waals surface area contributed by atoms with Gasteiger partial charge in [0.1, 0.15) is 11.6 Å². The van der Waals surface area contributed by atoms with Crippen molar-refractivity contribution in [1.29, 1.82) is 0 Å². The van der Waals surface area contributed by atoms with E-state index in [-0.39, 0.29) is 10.6 Å². The zero-order valence-corrected chi connectivity index (χ0v) is 8.86. The lowest BCUT2D eigenvalue weighted by Gasteiger charge is -2.03. The lowest BCUT2D eigenvalue weighted by Crippen LogP contribution is -2.02. The second-order valence-electron chi connectivity index (χ2n) is 2.97. The van der Waals surface area contributed by atoms with Gasteiger partial charge in [-0.1, -0.05) is 11.6 Å². The Morgan fingerprint density at radius 2 is 2.07 bits per heavy atom. The molecule has 78 valence electrons. The number of hydrogen-bond acceptors (Lipinski definition) is 3. The van der Waals surface area contributed by atoms with E-state index in [1.807, 2.05) is 0 Å². The van der Waals surface area contributed by atoms with E-state index in [1.54, 1.807) is 0 Å². The van der Waals surface area contributed by atoms with Crippen LogP contribution in [-0.2, 0) is 15.6 Å². The smallest absolute Gasteiger partial charge is 0.151 e. The molecule has 1 aromatic rings. The van der Waals surface area contributed by atoms with E-state index in [0.717, 1.165) is 18.4 Å². The van der Waals surface area contributed by atoms with Crippen molar-refractivity contribution >= 4 is 21.4 Å². The molecule has 0 heterocycles. The first-order chi connectivity index (χ1) is 6.29. The Hall–Kier alpha value is -0.810. The van der Waals surface area contributed by atoms with Gasteiger partial charge < -0.3 is 5.11 Å². The molecule has 1 rings (SSSR count). The number of phenols is 1. The first-order valence-electron chi connectivity index (χ1n) is 3.64. The summed E-state index contributed by atoms with van der Waals surface area (Å²) in [5.74, 6) is -1.61. The van der Waals surface area contributed by atoms with Gasteiger partial charge in [-0.2, -0.15) is 0 Å². The molecule has 3 nitrogen and oxygen atoms in total. The van der Waals surface area contributed by atoms with E-state index < -0.39 is 27.2 Å². The van der Waals surface area contributed by atoms with Crippen molar-refractivity contribution in [3.63, 3.8) is 0 Å². The van der Waals surface area contributed by atoms with Crippen LogP contribution in [0.25, 0.3) is 0 Å². The maximum Gasteiger partial charge on any atom is 0.151 e. The molecule has 0 amide bonds. The van der Waals surface area contributed by atoms with E-state index in [4.69, 9.17) is 16.7 Å². The van der Waals surface area contributed by atoms with Crippen LogP contribution in [0.15, 0.2) is 12.1 Å². The van der Waals surface area contributed by atoms with E-state index in [2.05, 4.69) is 0 Å². The topological polar surface area (TPSA) is 54.4 Å². The Morgan fingerprint density at radius 3 is 2.57 bits per heavy atom. The number of aromatic hydroxyl groups is 1. The van der Waals surface area contributed by atoms with Crippen molar-refractivity contribution in [2.45, 2.75) is 5.75 Å². The fourth-order valence-corrected chi connectivity index (χ4v) is 1.94. The molecule has 0 aromatic heterocycles. The molecule has 14 heavy (non-hydrogen) atoms. The zero-order chi connectivity index (χ0) is 10.9. The van der Waals surface area contributed by atoms with E-state index in [9.17, 15) is 12.8 Å². The predicted molar refractivity (Wildman–Crippen MR) is 51.6 cm³/mol. The van der Waals surface area contributed by atoms with Crippen LogP contribution in [0.4, 0.5) is 4.39 Å². The monoisotopic (exact) mass is 238 g/mol. The van der Waals surface area contributed by atoms with Crippen LogP contribution < -0.4 is 0 Å². The summed E-state index contributed by atoms with van der Waals surface area (Å²) in [6.45, 7) is 0.